The minimum atomic E-state index is 0.372. The molecule has 2 heteroatoms. The highest BCUT2D eigenvalue weighted by atomic mass is 15.2. The molecule has 0 aliphatic carbocycles. The standard InChI is InChI=1S/C20H24N2/c21-18-14-22-12-11-17(18)13-19(22)20(15-7-3-1-4-8-15)16-9-5-2-6-10-16/h1-10,17-20H,11-14,21H2. The van der Waals surface area contributed by atoms with Gasteiger partial charge in [0.1, 0.15) is 0 Å². The maximum atomic E-state index is 6.32. The molecule has 3 heterocycles. The summed E-state index contributed by atoms with van der Waals surface area (Å²) in [5.41, 5.74) is 9.18. The summed E-state index contributed by atoms with van der Waals surface area (Å²) in [5.74, 6) is 1.16. The summed E-state index contributed by atoms with van der Waals surface area (Å²) in [4.78, 5) is 2.63. The van der Waals surface area contributed by atoms with Gasteiger partial charge in [-0.2, -0.15) is 0 Å². The number of nitrogens with two attached hydrogens (primary N) is 1. The van der Waals surface area contributed by atoms with Crippen molar-refractivity contribution < 1.29 is 0 Å². The van der Waals surface area contributed by atoms with Crippen molar-refractivity contribution in [2.24, 2.45) is 11.7 Å². The summed E-state index contributed by atoms with van der Waals surface area (Å²) in [7, 11) is 0. The zero-order valence-corrected chi connectivity index (χ0v) is 12.9. The average molecular weight is 292 g/mol. The van der Waals surface area contributed by atoms with Gasteiger partial charge in [0.15, 0.2) is 0 Å². The molecule has 0 aromatic heterocycles. The Morgan fingerprint density at radius 1 is 0.909 bits per heavy atom. The van der Waals surface area contributed by atoms with Gasteiger partial charge in [0.2, 0.25) is 0 Å². The van der Waals surface area contributed by atoms with Gasteiger partial charge >= 0.3 is 0 Å². The fraction of sp³-hybridized carbons (Fsp3) is 0.400. The molecule has 0 radical (unpaired) electrons. The summed E-state index contributed by atoms with van der Waals surface area (Å²) in [5, 5.41) is 0. The van der Waals surface area contributed by atoms with E-state index in [0.29, 0.717) is 23.9 Å². The summed E-state index contributed by atoms with van der Waals surface area (Å²) in [6, 6.07) is 22.9. The van der Waals surface area contributed by atoms with Crippen molar-refractivity contribution in [3.05, 3.63) is 71.8 Å². The first-order valence-corrected chi connectivity index (χ1v) is 8.42. The second kappa shape index (κ2) is 5.86. The van der Waals surface area contributed by atoms with Crippen LogP contribution < -0.4 is 5.73 Å². The number of hydrogen-bond donors (Lipinski definition) is 1. The number of fused-ring (bicyclic) bond motifs is 3. The zero-order chi connectivity index (χ0) is 14.9. The number of benzene rings is 2. The smallest absolute Gasteiger partial charge is 0.0245 e. The first-order chi connectivity index (χ1) is 10.8. The third-order valence-corrected chi connectivity index (χ3v) is 5.55. The minimum absolute atomic E-state index is 0.372. The molecule has 4 atom stereocenters. The number of nitrogens with zero attached hydrogens (tertiary/aromatic N) is 1. The monoisotopic (exact) mass is 292 g/mol. The van der Waals surface area contributed by atoms with Gasteiger partial charge in [0, 0.05) is 24.5 Å². The van der Waals surface area contributed by atoms with Crippen molar-refractivity contribution in [1.29, 1.82) is 0 Å². The quantitative estimate of drug-likeness (QED) is 0.941. The lowest BCUT2D eigenvalue weighted by Crippen LogP contribution is -2.60. The Kier molecular flexibility index (Phi) is 3.73. The Morgan fingerprint density at radius 2 is 1.50 bits per heavy atom. The molecule has 3 aliphatic rings. The zero-order valence-electron chi connectivity index (χ0n) is 12.9. The van der Waals surface area contributed by atoms with Gasteiger partial charge < -0.3 is 5.73 Å². The van der Waals surface area contributed by atoms with E-state index in [4.69, 9.17) is 5.73 Å². The van der Waals surface area contributed by atoms with Crippen LogP contribution in [0.4, 0.5) is 0 Å². The molecule has 2 aromatic carbocycles. The van der Waals surface area contributed by atoms with Crippen molar-refractivity contribution in [3.63, 3.8) is 0 Å². The molecule has 114 valence electrons. The van der Waals surface area contributed by atoms with Crippen LogP contribution >= 0.6 is 0 Å². The van der Waals surface area contributed by atoms with E-state index >= 15 is 0 Å². The Hall–Kier alpha value is -1.64. The molecule has 0 saturated carbocycles. The van der Waals surface area contributed by atoms with Crippen molar-refractivity contribution >= 4 is 0 Å². The van der Waals surface area contributed by atoms with Crippen LogP contribution in [0.5, 0.6) is 0 Å². The Balaban J connectivity index is 1.72. The molecule has 3 aliphatic heterocycles. The van der Waals surface area contributed by atoms with Crippen LogP contribution in [0.15, 0.2) is 60.7 Å². The fourth-order valence-electron chi connectivity index (χ4n) is 4.41. The third-order valence-electron chi connectivity index (χ3n) is 5.55. The number of piperidine rings is 3. The van der Waals surface area contributed by atoms with E-state index in [9.17, 15) is 0 Å². The topological polar surface area (TPSA) is 29.3 Å². The van der Waals surface area contributed by atoms with Crippen molar-refractivity contribution in [1.82, 2.24) is 4.90 Å². The lowest BCUT2D eigenvalue weighted by atomic mass is 9.72. The van der Waals surface area contributed by atoms with Crippen LogP contribution in [0.1, 0.15) is 29.9 Å². The second-order valence-electron chi connectivity index (χ2n) is 6.81. The normalized spacial score (nSPS) is 30.6. The average Bonchev–Trinajstić information content (AvgIpc) is 2.58. The third kappa shape index (κ3) is 2.47. The van der Waals surface area contributed by atoms with Gasteiger partial charge in [-0.1, -0.05) is 60.7 Å². The lowest BCUT2D eigenvalue weighted by molar-refractivity contribution is 0.0251. The fourth-order valence-corrected chi connectivity index (χ4v) is 4.41. The summed E-state index contributed by atoms with van der Waals surface area (Å²) >= 11 is 0. The van der Waals surface area contributed by atoms with E-state index in [1.807, 2.05) is 0 Å². The van der Waals surface area contributed by atoms with Gasteiger partial charge in [0.25, 0.3) is 0 Å². The SMILES string of the molecule is NC1CN2CCC1CC2C(c1ccccc1)c1ccccc1. The Morgan fingerprint density at radius 3 is 1.95 bits per heavy atom. The van der Waals surface area contributed by atoms with Crippen molar-refractivity contribution in [3.8, 4) is 0 Å². The first kappa shape index (κ1) is 14.0. The van der Waals surface area contributed by atoms with Crippen LogP contribution in [0.25, 0.3) is 0 Å². The van der Waals surface area contributed by atoms with E-state index in [1.54, 1.807) is 0 Å². The van der Waals surface area contributed by atoms with Gasteiger partial charge in [-0.3, -0.25) is 4.90 Å². The molecule has 3 saturated heterocycles. The van der Waals surface area contributed by atoms with E-state index < -0.39 is 0 Å². The van der Waals surface area contributed by atoms with Crippen LogP contribution in [0, 0.1) is 5.92 Å². The maximum absolute atomic E-state index is 6.32. The van der Waals surface area contributed by atoms with Crippen LogP contribution in [0.3, 0.4) is 0 Å². The number of hydrogen-bond acceptors (Lipinski definition) is 2. The highest BCUT2D eigenvalue weighted by molar-refractivity contribution is 5.35. The number of rotatable bonds is 3. The predicted molar refractivity (Wildman–Crippen MR) is 90.8 cm³/mol. The van der Waals surface area contributed by atoms with Gasteiger partial charge in [-0.25, -0.2) is 0 Å². The highest BCUT2D eigenvalue weighted by Crippen LogP contribution is 2.41. The molecule has 22 heavy (non-hydrogen) atoms. The highest BCUT2D eigenvalue weighted by Gasteiger charge is 2.42. The predicted octanol–water partition coefficient (Wildman–Crippen LogP) is 3.24. The van der Waals surface area contributed by atoms with Crippen LogP contribution in [0.2, 0.25) is 0 Å². The molecule has 2 nitrogen and oxygen atoms in total. The largest absolute Gasteiger partial charge is 0.326 e. The molecular formula is C20H24N2. The van der Waals surface area contributed by atoms with Gasteiger partial charge in [-0.15, -0.1) is 0 Å². The minimum Gasteiger partial charge on any atom is -0.326 e. The molecule has 5 rings (SSSR count). The molecule has 0 amide bonds. The van der Waals surface area contributed by atoms with E-state index in [1.165, 1.54) is 30.5 Å². The molecule has 2 bridgehead atoms. The summed E-state index contributed by atoms with van der Waals surface area (Å²) in [6.45, 7) is 2.27. The molecular weight excluding hydrogens is 268 g/mol. The Labute approximate surface area is 132 Å². The van der Waals surface area contributed by atoms with Crippen LogP contribution in [-0.2, 0) is 0 Å². The van der Waals surface area contributed by atoms with E-state index in [-0.39, 0.29) is 0 Å². The first-order valence-electron chi connectivity index (χ1n) is 8.42. The molecule has 4 unspecified atom stereocenters. The van der Waals surface area contributed by atoms with E-state index in [0.717, 1.165) is 6.54 Å². The lowest BCUT2D eigenvalue weighted by Gasteiger charge is -2.51. The van der Waals surface area contributed by atoms with Gasteiger partial charge in [0.05, 0.1) is 0 Å². The second-order valence-corrected chi connectivity index (χ2v) is 6.81. The van der Waals surface area contributed by atoms with Crippen molar-refractivity contribution in [2.75, 3.05) is 13.1 Å². The van der Waals surface area contributed by atoms with Crippen LogP contribution in [-0.4, -0.2) is 30.1 Å². The van der Waals surface area contributed by atoms with E-state index in [2.05, 4.69) is 65.6 Å². The summed E-state index contributed by atoms with van der Waals surface area (Å²) in [6.07, 6.45) is 2.50. The Bertz CT molecular complexity index is 571. The van der Waals surface area contributed by atoms with Crippen molar-refractivity contribution in [2.45, 2.75) is 30.8 Å². The molecule has 0 spiro atoms. The summed E-state index contributed by atoms with van der Waals surface area (Å²) < 4.78 is 0. The van der Waals surface area contributed by atoms with Gasteiger partial charge in [-0.05, 0) is 36.4 Å². The molecule has 2 N–H and O–H groups in total. The molecule has 3 fully saturated rings. The molecule has 2 aromatic rings. The maximum Gasteiger partial charge on any atom is 0.0245 e.